The number of carbonyl (C=O) groups excluding carboxylic acids is 1. The first kappa shape index (κ1) is 17.9. The largest absolute Gasteiger partial charge is 0.508 e. The highest BCUT2D eigenvalue weighted by molar-refractivity contribution is 5.77. The summed E-state index contributed by atoms with van der Waals surface area (Å²) in [5.74, 6) is 0.561. The van der Waals surface area contributed by atoms with Gasteiger partial charge in [0.05, 0.1) is 12.2 Å². The van der Waals surface area contributed by atoms with Crippen LogP contribution in [0.15, 0.2) is 42.6 Å². The highest BCUT2D eigenvalue weighted by Gasteiger charge is 2.34. The van der Waals surface area contributed by atoms with Gasteiger partial charge in [0.2, 0.25) is 0 Å². The zero-order chi connectivity index (χ0) is 18.8. The highest BCUT2D eigenvalue weighted by atomic mass is 16.3. The summed E-state index contributed by atoms with van der Waals surface area (Å²) < 4.78 is 2.19. The maximum atomic E-state index is 12.9. The summed E-state index contributed by atoms with van der Waals surface area (Å²) in [4.78, 5) is 18.6. The molecule has 2 saturated heterocycles. The van der Waals surface area contributed by atoms with Crippen LogP contribution in [0.3, 0.4) is 0 Å². The molecule has 27 heavy (non-hydrogen) atoms. The molecular formula is C21H29N4O2+. The first-order chi connectivity index (χ1) is 13.1. The van der Waals surface area contributed by atoms with Crippen LogP contribution in [-0.4, -0.2) is 59.7 Å². The van der Waals surface area contributed by atoms with E-state index in [9.17, 15) is 9.90 Å². The van der Waals surface area contributed by atoms with Gasteiger partial charge in [0, 0.05) is 58.0 Å². The number of aromatic hydroxyl groups is 1. The molecule has 6 heteroatoms. The number of benzene rings is 1. The summed E-state index contributed by atoms with van der Waals surface area (Å²) in [5.41, 5.74) is 2.45. The van der Waals surface area contributed by atoms with E-state index < -0.39 is 0 Å². The molecule has 2 fully saturated rings. The smallest absolute Gasteiger partial charge is 0.277 e. The second kappa shape index (κ2) is 7.64. The lowest BCUT2D eigenvalue weighted by molar-refractivity contribution is -0.911. The Balaban J connectivity index is 1.33. The van der Waals surface area contributed by atoms with E-state index in [4.69, 9.17) is 0 Å². The summed E-state index contributed by atoms with van der Waals surface area (Å²) in [7, 11) is 2.09. The summed E-state index contributed by atoms with van der Waals surface area (Å²) in [6, 6.07) is 12.0. The Kier molecular flexibility index (Phi) is 5.07. The molecule has 2 atom stereocenters. The van der Waals surface area contributed by atoms with E-state index in [2.05, 4.69) is 34.8 Å². The average Bonchev–Trinajstić information content (AvgIpc) is 3.31. The number of aromatic nitrogens is 1. The van der Waals surface area contributed by atoms with Crippen molar-refractivity contribution in [2.24, 2.45) is 7.05 Å². The quantitative estimate of drug-likeness (QED) is 0.838. The number of carbonyl (C=O) groups is 1. The van der Waals surface area contributed by atoms with E-state index in [1.54, 1.807) is 12.1 Å². The Hall–Kier alpha value is -2.47. The zero-order valence-corrected chi connectivity index (χ0v) is 16.0. The van der Waals surface area contributed by atoms with Gasteiger partial charge in [-0.1, -0.05) is 0 Å². The number of rotatable bonds is 4. The summed E-state index contributed by atoms with van der Waals surface area (Å²) in [5, 5.41) is 9.44. The molecule has 2 aliphatic rings. The monoisotopic (exact) mass is 369 g/mol. The maximum Gasteiger partial charge on any atom is 0.277 e. The third-order valence-corrected chi connectivity index (χ3v) is 6.05. The molecule has 0 radical (unpaired) electrons. The molecule has 144 valence electrons. The van der Waals surface area contributed by atoms with Gasteiger partial charge in [-0.3, -0.25) is 4.79 Å². The van der Waals surface area contributed by atoms with E-state index >= 15 is 0 Å². The van der Waals surface area contributed by atoms with Gasteiger partial charge in [0.25, 0.3) is 5.91 Å². The van der Waals surface area contributed by atoms with Gasteiger partial charge in [0.1, 0.15) is 11.8 Å². The SMILES string of the molecule is Cn1cccc1[C@H]1CCC[NH+]1CC(=O)N1CCN(c2ccc(O)cc2)CC1. The molecule has 1 aromatic heterocycles. The van der Waals surface area contributed by atoms with Crippen LogP contribution in [0.25, 0.3) is 0 Å². The lowest BCUT2D eigenvalue weighted by Crippen LogP contribution is -3.11. The van der Waals surface area contributed by atoms with Crippen molar-refractivity contribution in [3.05, 3.63) is 48.3 Å². The fourth-order valence-corrected chi connectivity index (χ4v) is 4.50. The minimum absolute atomic E-state index is 0.275. The molecular weight excluding hydrogens is 340 g/mol. The molecule has 0 aliphatic carbocycles. The van der Waals surface area contributed by atoms with E-state index in [1.165, 1.54) is 17.0 Å². The lowest BCUT2D eigenvalue weighted by atomic mass is 10.1. The Morgan fingerprint density at radius 2 is 1.89 bits per heavy atom. The van der Waals surface area contributed by atoms with Gasteiger partial charge in [0.15, 0.2) is 6.54 Å². The number of anilines is 1. The maximum absolute atomic E-state index is 12.9. The van der Waals surface area contributed by atoms with Crippen molar-refractivity contribution in [3.63, 3.8) is 0 Å². The number of piperazine rings is 1. The Labute approximate surface area is 160 Å². The summed E-state index contributed by atoms with van der Waals surface area (Å²) in [6.45, 7) is 4.88. The third kappa shape index (κ3) is 3.81. The Bertz CT molecular complexity index is 778. The summed E-state index contributed by atoms with van der Waals surface area (Å²) in [6.07, 6.45) is 4.44. The molecule has 0 saturated carbocycles. The first-order valence-corrected chi connectivity index (χ1v) is 9.89. The number of hydrogen-bond acceptors (Lipinski definition) is 3. The van der Waals surface area contributed by atoms with Crippen molar-refractivity contribution in [3.8, 4) is 5.75 Å². The van der Waals surface area contributed by atoms with E-state index in [0.717, 1.165) is 44.8 Å². The molecule has 3 heterocycles. The summed E-state index contributed by atoms with van der Waals surface area (Å²) >= 11 is 0. The molecule has 2 aliphatic heterocycles. The molecule has 4 rings (SSSR count). The van der Waals surface area contributed by atoms with Gasteiger partial charge in [-0.25, -0.2) is 0 Å². The number of likely N-dealkylation sites (tertiary alicyclic amines) is 1. The second-order valence-corrected chi connectivity index (χ2v) is 7.71. The normalized spacial score (nSPS) is 23.0. The van der Waals surface area contributed by atoms with Crippen molar-refractivity contribution in [2.75, 3.05) is 44.2 Å². The van der Waals surface area contributed by atoms with Crippen LogP contribution in [0.1, 0.15) is 24.6 Å². The first-order valence-electron chi connectivity index (χ1n) is 9.89. The molecule has 2 aromatic rings. The van der Waals surface area contributed by atoms with Gasteiger partial charge in [-0.15, -0.1) is 0 Å². The Morgan fingerprint density at radius 3 is 2.56 bits per heavy atom. The van der Waals surface area contributed by atoms with E-state index in [-0.39, 0.29) is 11.7 Å². The second-order valence-electron chi connectivity index (χ2n) is 7.71. The van der Waals surface area contributed by atoms with Crippen LogP contribution in [0.5, 0.6) is 5.75 Å². The molecule has 0 spiro atoms. The molecule has 0 bridgehead atoms. The fraction of sp³-hybridized carbons (Fsp3) is 0.476. The number of aryl methyl sites for hydroxylation is 1. The Morgan fingerprint density at radius 1 is 1.15 bits per heavy atom. The number of nitrogens with one attached hydrogen (secondary N) is 1. The number of hydrogen-bond donors (Lipinski definition) is 2. The van der Waals surface area contributed by atoms with Crippen molar-refractivity contribution in [2.45, 2.75) is 18.9 Å². The fourth-order valence-electron chi connectivity index (χ4n) is 4.50. The molecule has 6 nitrogen and oxygen atoms in total. The minimum Gasteiger partial charge on any atom is -0.508 e. The number of quaternary nitrogens is 1. The topological polar surface area (TPSA) is 53.2 Å². The van der Waals surface area contributed by atoms with Crippen LogP contribution in [0.4, 0.5) is 5.69 Å². The van der Waals surface area contributed by atoms with Crippen LogP contribution < -0.4 is 9.80 Å². The number of phenols is 1. The average molecular weight is 369 g/mol. The van der Waals surface area contributed by atoms with Gasteiger partial charge in [-0.2, -0.15) is 0 Å². The van der Waals surface area contributed by atoms with E-state index in [0.29, 0.717) is 12.6 Å². The van der Waals surface area contributed by atoms with Gasteiger partial charge in [-0.05, 0) is 36.4 Å². The number of amides is 1. The molecule has 1 aromatic carbocycles. The van der Waals surface area contributed by atoms with Crippen molar-refractivity contribution >= 4 is 11.6 Å². The lowest BCUT2D eigenvalue weighted by Gasteiger charge is -2.36. The van der Waals surface area contributed by atoms with Gasteiger partial charge < -0.3 is 24.4 Å². The minimum atomic E-state index is 0.275. The van der Waals surface area contributed by atoms with Crippen molar-refractivity contribution in [1.29, 1.82) is 0 Å². The third-order valence-electron chi connectivity index (χ3n) is 6.05. The van der Waals surface area contributed by atoms with Crippen LogP contribution in [0, 0.1) is 0 Å². The predicted molar refractivity (Wildman–Crippen MR) is 105 cm³/mol. The van der Waals surface area contributed by atoms with Crippen molar-refractivity contribution in [1.82, 2.24) is 9.47 Å². The highest BCUT2D eigenvalue weighted by Crippen LogP contribution is 2.21. The zero-order valence-electron chi connectivity index (χ0n) is 16.0. The number of phenolic OH excluding ortho intramolecular Hbond substituents is 1. The van der Waals surface area contributed by atoms with Crippen LogP contribution >= 0.6 is 0 Å². The molecule has 2 N–H and O–H groups in total. The standard InChI is InChI=1S/C21H28N4O2/c1-22-10-2-4-19(22)20-5-3-11-25(20)16-21(27)24-14-12-23(13-15-24)17-6-8-18(26)9-7-17/h2,4,6-10,20,26H,3,5,11-16H2,1H3/p+1/t20-/m1/s1. The molecule has 1 amide bonds. The van der Waals surface area contributed by atoms with Crippen LogP contribution in [-0.2, 0) is 11.8 Å². The van der Waals surface area contributed by atoms with E-state index in [1.807, 2.05) is 17.0 Å². The number of nitrogens with zero attached hydrogens (tertiary/aromatic N) is 3. The van der Waals surface area contributed by atoms with Crippen molar-refractivity contribution < 1.29 is 14.8 Å². The van der Waals surface area contributed by atoms with Gasteiger partial charge >= 0.3 is 0 Å². The van der Waals surface area contributed by atoms with Crippen LogP contribution in [0.2, 0.25) is 0 Å². The molecule has 1 unspecified atom stereocenters. The predicted octanol–water partition coefficient (Wildman–Crippen LogP) is 0.799.